The molecule has 2 heterocycles. The zero-order valence-corrected chi connectivity index (χ0v) is 13.1. The molecule has 4 nitrogen and oxygen atoms in total. The predicted molar refractivity (Wildman–Crippen MR) is 77.6 cm³/mol. The van der Waals surface area contributed by atoms with Gasteiger partial charge in [0, 0.05) is 26.4 Å². The maximum atomic E-state index is 11.9. The smallest absolute Gasteiger partial charge is 0.254 e. The van der Waals surface area contributed by atoms with Crippen molar-refractivity contribution in [2.75, 3.05) is 0 Å². The van der Waals surface area contributed by atoms with Crippen molar-refractivity contribution in [1.29, 1.82) is 0 Å². The van der Waals surface area contributed by atoms with Crippen molar-refractivity contribution in [3.05, 3.63) is 42.8 Å². The van der Waals surface area contributed by atoms with Gasteiger partial charge in [-0.15, -0.1) is 0 Å². The lowest BCUT2D eigenvalue weighted by atomic mass is 10.2. The van der Waals surface area contributed by atoms with Gasteiger partial charge in [0.1, 0.15) is 5.69 Å². The number of aromatic nitrogens is 3. The van der Waals surface area contributed by atoms with Crippen LogP contribution in [0.3, 0.4) is 0 Å². The number of pyridine rings is 1. The molecule has 2 aromatic heterocycles. The summed E-state index contributed by atoms with van der Waals surface area (Å²) >= 11 is 6.75. The van der Waals surface area contributed by atoms with Crippen LogP contribution in [0, 0.1) is 6.92 Å². The number of aromatic amines is 1. The molecular formula is C12H11Br2N3O. The number of hydrogen-bond donors (Lipinski definition) is 1. The first-order valence-electron chi connectivity index (χ1n) is 5.44. The van der Waals surface area contributed by atoms with E-state index in [1.807, 2.05) is 19.9 Å². The molecule has 0 aliphatic rings. The molecule has 0 aliphatic carbocycles. The molecule has 0 saturated carbocycles. The molecule has 94 valence electrons. The van der Waals surface area contributed by atoms with Crippen LogP contribution in [-0.2, 0) is 6.42 Å². The predicted octanol–water partition coefficient (Wildman–Crippen LogP) is 3.23. The van der Waals surface area contributed by atoms with Crippen LogP contribution in [0.1, 0.15) is 18.2 Å². The summed E-state index contributed by atoms with van der Waals surface area (Å²) in [6.45, 7) is 3.77. The third kappa shape index (κ3) is 2.54. The number of nitrogens with zero attached hydrogens (tertiary/aromatic N) is 2. The van der Waals surface area contributed by atoms with Gasteiger partial charge in [-0.25, -0.2) is 4.98 Å². The molecule has 6 heteroatoms. The third-order valence-corrected chi connectivity index (χ3v) is 3.65. The lowest BCUT2D eigenvalue weighted by molar-refractivity contribution is 0.960. The first-order valence-corrected chi connectivity index (χ1v) is 7.02. The molecule has 0 saturated heterocycles. The molecule has 0 aliphatic heterocycles. The Kier molecular flexibility index (Phi) is 3.97. The molecule has 0 bridgehead atoms. The number of aryl methyl sites for hydroxylation is 1. The van der Waals surface area contributed by atoms with Gasteiger partial charge >= 0.3 is 0 Å². The van der Waals surface area contributed by atoms with Crippen molar-refractivity contribution in [3.8, 4) is 11.5 Å². The van der Waals surface area contributed by atoms with E-state index in [-0.39, 0.29) is 5.56 Å². The average Bonchev–Trinajstić information content (AvgIpc) is 2.28. The molecule has 0 radical (unpaired) electrons. The minimum absolute atomic E-state index is 0.100. The summed E-state index contributed by atoms with van der Waals surface area (Å²) in [5, 5.41) is 0. The van der Waals surface area contributed by atoms with E-state index in [0.29, 0.717) is 23.5 Å². The van der Waals surface area contributed by atoms with Crippen molar-refractivity contribution in [3.63, 3.8) is 0 Å². The van der Waals surface area contributed by atoms with Crippen LogP contribution >= 0.6 is 31.9 Å². The van der Waals surface area contributed by atoms with Crippen molar-refractivity contribution < 1.29 is 0 Å². The molecule has 0 amide bonds. The van der Waals surface area contributed by atoms with Gasteiger partial charge in [0.05, 0.1) is 0 Å². The Morgan fingerprint density at radius 2 is 2.11 bits per heavy atom. The quantitative estimate of drug-likeness (QED) is 0.880. The second kappa shape index (κ2) is 5.32. The van der Waals surface area contributed by atoms with Crippen LogP contribution < -0.4 is 5.56 Å². The maximum Gasteiger partial charge on any atom is 0.254 e. The Morgan fingerprint density at radius 1 is 1.39 bits per heavy atom. The monoisotopic (exact) mass is 371 g/mol. The third-order valence-electron chi connectivity index (χ3n) is 2.61. The number of nitrogens with one attached hydrogen (secondary N) is 1. The second-order valence-electron chi connectivity index (χ2n) is 3.82. The van der Waals surface area contributed by atoms with Crippen LogP contribution in [0.25, 0.3) is 11.5 Å². The SMILES string of the molecule is CCc1c(C)nc(-c2ncc(Br)cc2Br)[nH]c1=O. The van der Waals surface area contributed by atoms with Gasteiger partial charge in [-0.3, -0.25) is 9.78 Å². The van der Waals surface area contributed by atoms with Gasteiger partial charge in [-0.05, 0) is 51.3 Å². The van der Waals surface area contributed by atoms with E-state index < -0.39 is 0 Å². The van der Waals surface area contributed by atoms with Crippen LogP contribution in [0.15, 0.2) is 26.0 Å². The van der Waals surface area contributed by atoms with E-state index >= 15 is 0 Å². The van der Waals surface area contributed by atoms with Crippen LogP contribution in [0.4, 0.5) is 0 Å². The fourth-order valence-electron chi connectivity index (χ4n) is 1.73. The highest BCUT2D eigenvalue weighted by atomic mass is 79.9. The molecule has 1 N–H and O–H groups in total. The van der Waals surface area contributed by atoms with Gasteiger partial charge in [-0.1, -0.05) is 6.92 Å². The number of H-pyrrole nitrogens is 1. The minimum atomic E-state index is -0.100. The molecule has 0 unspecified atom stereocenters. The molecule has 0 aromatic carbocycles. The molecule has 18 heavy (non-hydrogen) atoms. The van der Waals surface area contributed by atoms with Crippen molar-refractivity contribution in [2.45, 2.75) is 20.3 Å². The Morgan fingerprint density at radius 3 is 2.67 bits per heavy atom. The highest BCUT2D eigenvalue weighted by Crippen LogP contribution is 2.25. The lowest BCUT2D eigenvalue weighted by Gasteiger charge is -2.06. The van der Waals surface area contributed by atoms with Gasteiger partial charge in [0.25, 0.3) is 5.56 Å². The summed E-state index contributed by atoms with van der Waals surface area (Å²) in [5.74, 6) is 0.481. The van der Waals surface area contributed by atoms with Crippen LogP contribution in [0.5, 0.6) is 0 Å². The zero-order valence-electron chi connectivity index (χ0n) is 9.92. The van der Waals surface area contributed by atoms with E-state index in [2.05, 4.69) is 46.8 Å². The number of halogens is 2. The second-order valence-corrected chi connectivity index (χ2v) is 5.59. The minimum Gasteiger partial charge on any atom is -0.305 e. The molecule has 0 spiro atoms. The lowest BCUT2D eigenvalue weighted by Crippen LogP contribution is -2.17. The standard InChI is InChI=1S/C12H11Br2N3O/c1-3-8-6(2)16-11(17-12(8)18)10-9(14)4-7(13)5-15-10/h4-5H,3H2,1-2H3,(H,16,17,18). The summed E-state index contributed by atoms with van der Waals surface area (Å²) in [7, 11) is 0. The fourth-order valence-corrected chi connectivity index (χ4v) is 2.90. The molecule has 2 rings (SSSR count). The fraction of sp³-hybridized carbons (Fsp3) is 0.250. The zero-order chi connectivity index (χ0) is 13.3. The first-order chi connectivity index (χ1) is 8.52. The summed E-state index contributed by atoms with van der Waals surface area (Å²) < 4.78 is 1.64. The highest BCUT2D eigenvalue weighted by Gasteiger charge is 2.11. The van der Waals surface area contributed by atoms with Gasteiger partial charge < -0.3 is 4.98 Å². The van der Waals surface area contributed by atoms with Crippen molar-refractivity contribution >= 4 is 31.9 Å². The normalized spacial score (nSPS) is 10.7. The maximum absolute atomic E-state index is 11.9. The molecule has 0 fully saturated rings. The van der Waals surface area contributed by atoms with Crippen LogP contribution in [0.2, 0.25) is 0 Å². The van der Waals surface area contributed by atoms with E-state index in [9.17, 15) is 4.79 Å². The Balaban J connectivity index is 2.62. The largest absolute Gasteiger partial charge is 0.305 e. The van der Waals surface area contributed by atoms with E-state index in [4.69, 9.17) is 0 Å². The van der Waals surface area contributed by atoms with Gasteiger partial charge in [-0.2, -0.15) is 0 Å². The Hall–Kier alpha value is -1.01. The molecular weight excluding hydrogens is 362 g/mol. The Labute approximate surface area is 121 Å². The average molecular weight is 373 g/mol. The van der Waals surface area contributed by atoms with Crippen LogP contribution in [-0.4, -0.2) is 15.0 Å². The van der Waals surface area contributed by atoms with Crippen molar-refractivity contribution in [2.24, 2.45) is 0 Å². The number of hydrogen-bond acceptors (Lipinski definition) is 3. The van der Waals surface area contributed by atoms with Gasteiger partial charge in [0.15, 0.2) is 5.82 Å². The highest BCUT2D eigenvalue weighted by molar-refractivity contribution is 9.11. The Bertz CT molecular complexity index is 652. The summed E-state index contributed by atoms with van der Waals surface area (Å²) in [6.07, 6.45) is 2.34. The summed E-state index contributed by atoms with van der Waals surface area (Å²) in [4.78, 5) is 23.3. The topological polar surface area (TPSA) is 58.6 Å². The van der Waals surface area contributed by atoms with E-state index in [1.54, 1.807) is 6.20 Å². The molecule has 2 aromatic rings. The first kappa shape index (κ1) is 13.4. The van der Waals surface area contributed by atoms with E-state index in [0.717, 1.165) is 14.6 Å². The summed E-state index contributed by atoms with van der Waals surface area (Å²) in [6, 6.07) is 1.87. The molecule has 0 atom stereocenters. The number of rotatable bonds is 2. The summed E-state index contributed by atoms with van der Waals surface area (Å²) in [5.41, 5.74) is 1.98. The van der Waals surface area contributed by atoms with Gasteiger partial charge in [0.2, 0.25) is 0 Å². The van der Waals surface area contributed by atoms with Crippen molar-refractivity contribution in [1.82, 2.24) is 15.0 Å². The van der Waals surface area contributed by atoms with E-state index in [1.165, 1.54) is 0 Å².